The zero-order valence-corrected chi connectivity index (χ0v) is 17.9. The molecule has 1 aromatic heterocycles. The van der Waals surface area contributed by atoms with Crippen LogP contribution in [0.1, 0.15) is 38.0 Å². The Kier molecular flexibility index (Phi) is 8.61. The summed E-state index contributed by atoms with van der Waals surface area (Å²) >= 11 is 0. The summed E-state index contributed by atoms with van der Waals surface area (Å²) in [5.74, 6) is 0.654. The van der Waals surface area contributed by atoms with E-state index in [1.807, 2.05) is 0 Å². The van der Waals surface area contributed by atoms with E-state index in [1.54, 1.807) is 0 Å². The molecule has 0 spiro atoms. The Morgan fingerprint density at radius 3 is 2.58 bits per heavy atom. The van der Waals surface area contributed by atoms with Crippen molar-refractivity contribution in [2.75, 3.05) is 19.8 Å². The predicted octanol–water partition coefficient (Wildman–Crippen LogP) is 3.60. The van der Waals surface area contributed by atoms with Crippen molar-refractivity contribution in [3.63, 3.8) is 0 Å². The number of nitrogens with zero attached hydrogens (tertiary/aromatic N) is 2. The molecule has 1 aromatic carbocycles. The standard InChI is InChI=1S/C14H18FNO3.C7H7F3N2O2/c1-10-6-7-18-8-13(10)16-14(17)9-19-12-4-2-11(15)3-5-12;8-7(9,10)14-5-1-4(2-5)6-12-11-3-13-6/h2-5,10,13H,6-9H2,1H3,(H,16,17);3-5H,1-2H2. The molecule has 2 fully saturated rings. The minimum absolute atomic E-state index is 0.0399. The van der Waals surface area contributed by atoms with Crippen LogP contribution in [0, 0.1) is 11.7 Å². The first-order valence-electron chi connectivity index (χ1n) is 10.5. The molecular formula is C21H25F4N3O5. The van der Waals surface area contributed by atoms with Crippen LogP contribution < -0.4 is 10.1 Å². The second-order valence-electron chi connectivity index (χ2n) is 7.89. The highest BCUT2D eigenvalue weighted by Crippen LogP contribution is 2.40. The molecule has 1 saturated carbocycles. The van der Waals surface area contributed by atoms with Crippen molar-refractivity contribution in [1.29, 1.82) is 0 Å². The minimum atomic E-state index is -4.55. The van der Waals surface area contributed by atoms with E-state index < -0.39 is 12.5 Å². The number of carbonyl (C=O) groups excluding carboxylic acids is 1. The molecule has 1 amide bonds. The molecule has 2 atom stereocenters. The van der Waals surface area contributed by atoms with Gasteiger partial charge in [-0.15, -0.1) is 23.4 Å². The first kappa shape index (κ1) is 24.9. The van der Waals surface area contributed by atoms with Crippen LogP contribution in [0.25, 0.3) is 0 Å². The molecule has 182 valence electrons. The SMILES string of the molecule is CC1CCOCC1NC(=O)COc1ccc(F)cc1.FC(F)(F)OC1CC(c2nnco2)C1. The number of amides is 1. The molecule has 33 heavy (non-hydrogen) atoms. The first-order chi connectivity index (χ1) is 15.7. The van der Waals surface area contributed by atoms with E-state index in [4.69, 9.17) is 13.9 Å². The van der Waals surface area contributed by atoms with Gasteiger partial charge in [-0.2, -0.15) is 0 Å². The summed E-state index contributed by atoms with van der Waals surface area (Å²) in [6.45, 7) is 3.31. The first-order valence-corrected chi connectivity index (χ1v) is 10.5. The van der Waals surface area contributed by atoms with Crippen LogP contribution in [0.15, 0.2) is 35.1 Å². The maximum Gasteiger partial charge on any atom is 0.522 e. The van der Waals surface area contributed by atoms with Crippen LogP contribution >= 0.6 is 0 Å². The molecule has 0 bridgehead atoms. The largest absolute Gasteiger partial charge is 0.522 e. The number of rotatable bonds is 6. The van der Waals surface area contributed by atoms with Crippen LogP contribution in [-0.4, -0.2) is 54.4 Å². The number of nitrogens with one attached hydrogen (secondary N) is 1. The second kappa shape index (κ2) is 11.4. The lowest BCUT2D eigenvalue weighted by atomic mass is 9.82. The normalized spacial score (nSPS) is 24.8. The summed E-state index contributed by atoms with van der Waals surface area (Å²) in [6, 6.07) is 5.62. The van der Waals surface area contributed by atoms with Crippen molar-refractivity contribution in [3.05, 3.63) is 42.4 Å². The van der Waals surface area contributed by atoms with Gasteiger partial charge in [0.2, 0.25) is 12.3 Å². The number of aromatic nitrogens is 2. The molecule has 2 aliphatic rings. The Hall–Kier alpha value is -2.73. The van der Waals surface area contributed by atoms with Gasteiger partial charge in [-0.05, 0) is 49.4 Å². The lowest BCUT2D eigenvalue weighted by molar-refractivity contribution is -0.352. The fraction of sp³-hybridized carbons (Fsp3) is 0.571. The highest BCUT2D eigenvalue weighted by Gasteiger charge is 2.42. The third kappa shape index (κ3) is 8.28. The number of alkyl halides is 3. The fourth-order valence-corrected chi connectivity index (χ4v) is 3.37. The van der Waals surface area contributed by atoms with Crippen molar-refractivity contribution >= 4 is 5.91 Å². The van der Waals surface area contributed by atoms with Gasteiger partial charge >= 0.3 is 6.36 Å². The van der Waals surface area contributed by atoms with E-state index in [-0.39, 0.29) is 43.1 Å². The quantitative estimate of drug-likeness (QED) is 0.638. The Morgan fingerprint density at radius 2 is 1.97 bits per heavy atom. The summed E-state index contributed by atoms with van der Waals surface area (Å²) in [5, 5.41) is 9.95. The van der Waals surface area contributed by atoms with E-state index >= 15 is 0 Å². The molecule has 1 saturated heterocycles. The van der Waals surface area contributed by atoms with Crippen molar-refractivity contribution in [2.24, 2.45) is 5.92 Å². The molecule has 0 radical (unpaired) electrons. The van der Waals surface area contributed by atoms with Crippen molar-refractivity contribution in [3.8, 4) is 5.75 Å². The van der Waals surface area contributed by atoms with Gasteiger partial charge < -0.3 is 19.2 Å². The molecule has 2 heterocycles. The monoisotopic (exact) mass is 475 g/mol. The minimum Gasteiger partial charge on any atom is -0.484 e. The van der Waals surface area contributed by atoms with Crippen LogP contribution in [0.2, 0.25) is 0 Å². The predicted molar refractivity (Wildman–Crippen MR) is 106 cm³/mol. The zero-order valence-electron chi connectivity index (χ0n) is 17.9. The third-order valence-electron chi connectivity index (χ3n) is 5.35. The number of hydrogen-bond acceptors (Lipinski definition) is 7. The van der Waals surface area contributed by atoms with Crippen molar-refractivity contribution < 1.29 is 41.0 Å². The van der Waals surface area contributed by atoms with Gasteiger partial charge in [0, 0.05) is 12.5 Å². The van der Waals surface area contributed by atoms with E-state index in [0.29, 0.717) is 24.2 Å². The summed E-state index contributed by atoms with van der Waals surface area (Å²) in [4.78, 5) is 11.7. The fourth-order valence-electron chi connectivity index (χ4n) is 3.37. The smallest absolute Gasteiger partial charge is 0.484 e. The van der Waals surface area contributed by atoms with Gasteiger partial charge in [0.15, 0.2) is 6.61 Å². The van der Waals surface area contributed by atoms with Crippen LogP contribution in [0.5, 0.6) is 5.75 Å². The van der Waals surface area contributed by atoms with E-state index in [1.165, 1.54) is 24.3 Å². The average Bonchev–Trinajstić information content (AvgIpc) is 3.26. The number of benzene rings is 1. The van der Waals surface area contributed by atoms with Gasteiger partial charge in [0.25, 0.3) is 5.91 Å². The molecule has 1 aliphatic heterocycles. The Bertz CT molecular complexity index is 858. The number of carbonyl (C=O) groups is 1. The zero-order chi connectivity index (χ0) is 23.8. The average molecular weight is 475 g/mol. The summed E-state index contributed by atoms with van der Waals surface area (Å²) in [5.41, 5.74) is 0. The van der Waals surface area contributed by atoms with Gasteiger partial charge in [-0.3, -0.25) is 9.53 Å². The molecule has 1 aliphatic carbocycles. The third-order valence-corrected chi connectivity index (χ3v) is 5.35. The van der Waals surface area contributed by atoms with Crippen molar-refractivity contribution in [1.82, 2.24) is 15.5 Å². The Balaban J connectivity index is 0.000000194. The molecular weight excluding hydrogens is 450 g/mol. The molecule has 2 aromatic rings. The maximum absolute atomic E-state index is 12.7. The van der Waals surface area contributed by atoms with Crippen LogP contribution in [0.3, 0.4) is 0 Å². The molecule has 1 N–H and O–H groups in total. The number of hydrogen-bond donors (Lipinski definition) is 1. The molecule has 2 unspecified atom stereocenters. The summed E-state index contributed by atoms with van der Waals surface area (Å²) in [6.07, 6.45) is -2.66. The van der Waals surface area contributed by atoms with Crippen LogP contribution in [-0.2, 0) is 14.3 Å². The van der Waals surface area contributed by atoms with Gasteiger partial charge in [-0.25, -0.2) is 4.39 Å². The molecule has 4 rings (SSSR count). The van der Waals surface area contributed by atoms with Gasteiger partial charge in [0.1, 0.15) is 11.6 Å². The highest BCUT2D eigenvalue weighted by atomic mass is 19.4. The summed E-state index contributed by atoms with van der Waals surface area (Å²) < 4.78 is 67.1. The molecule has 8 nitrogen and oxygen atoms in total. The number of halogens is 4. The van der Waals surface area contributed by atoms with E-state index in [0.717, 1.165) is 19.4 Å². The lowest BCUT2D eigenvalue weighted by Gasteiger charge is -2.32. The highest BCUT2D eigenvalue weighted by molar-refractivity contribution is 5.77. The van der Waals surface area contributed by atoms with E-state index in [2.05, 4.69) is 27.2 Å². The van der Waals surface area contributed by atoms with Crippen LogP contribution in [0.4, 0.5) is 17.6 Å². The van der Waals surface area contributed by atoms with E-state index in [9.17, 15) is 22.4 Å². The van der Waals surface area contributed by atoms with Gasteiger partial charge in [-0.1, -0.05) is 6.92 Å². The molecule has 12 heteroatoms. The summed E-state index contributed by atoms with van der Waals surface area (Å²) in [7, 11) is 0. The Morgan fingerprint density at radius 1 is 1.24 bits per heavy atom. The van der Waals surface area contributed by atoms with Gasteiger partial charge in [0.05, 0.1) is 18.8 Å². The topological polar surface area (TPSA) is 95.7 Å². The lowest BCUT2D eigenvalue weighted by Crippen LogP contribution is -2.47. The van der Waals surface area contributed by atoms with Crippen molar-refractivity contribution in [2.45, 2.75) is 50.6 Å². The second-order valence-corrected chi connectivity index (χ2v) is 7.89. The number of ether oxygens (including phenoxy) is 3. The maximum atomic E-state index is 12.7. The Labute approximate surface area is 187 Å².